The van der Waals surface area contributed by atoms with Crippen LogP contribution in [0.2, 0.25) is 5.02 Å². The highest BCUT2D eigenvalue weighted by Crippen LogP contribution is 2.42. The van der Waals surface area contributed by atoms with Crippen LogP contribution in [-0.2, 0) is 0 Å². The van der Waals surface area contributed by atoms with E-state index in [9.17, 15) is 14.7 Å². The number of fused-ring (bicyclic) bond motifs is 1. The number of aromatic nitrogens is 1. The predicted molar refractivity (Wildman–Crippen MR) is 97.9 cm³/mol. The molecule has 2 aliphatic rings. The molecule has 26 heavy (non-hydrogen) atoms. The van der Waals surface area contributed by atoms with Gasteiger partial charge in [0.2, 0.25) is 5.43 Å². The Morgan fingerprint density at radius 1 is 1.38 bits per heavy atom. The Morgan fingerprint density at radius 3 is 2.62 bits per heavy atom. The summed E-state index contributed by atoms with van der Waals surface area (Å²) in [5, 5.41) is 8.99. The molecule has 1 saturated heterocycles. The number of aromatic carboxylic acids is 1. The smallest absolute Gasteiger partial charge is 0.341 e. The number of carboxylic acids is 1. The second-order valence-electron chi connectivity index (χ2n) is 7.14. The molecule has 1 aromatic carbocycles. The molecule has 138 valence electrons. The molecule has 0 bridgehead atoms. The fraction of sp³-hybridized carbons (Fsp3) is 0.444. The van der Waals surface area contributed by atoms with Crippen LogP contribution in [0.15, 0.2) is 11.0 Å². The van der Waals surface area contributed by atoms with Gasteiger partial charge in [-0.15, -0.1) is 0 Å². The molecular formula is C18H19ClFN3O3. The summed E-state index contributed by atoms with van der Waals surface area (Å²) in [4.78, 5) is 26.0. The summed E-state index contributed by atoms with van der Waals surface area (Å²) in [7, 11) is 0. The molecule has 1 saturated carbocycles. The molecule has 8 heteroatoms. The highest BCUT2D eigenvalue weighted by molar-refractivity contribution is 6.36. The summed E-state index contributed by atoms with van der Waals surface area (Å²) >= 11 is 6.26. The SMILES string of the molecule is Cc1c(N2CC[C@H](N)C2)c(F)c(Cl)c2c(=O)c(C(=O)O)cn(C3CC3)c12. The fourth-order valence-electron chi connectivity index (χ4n) is 3.87. The van der Waals surface area contributed by atoms with E-state index in [-0.39, 0.29) is 28.1 Å². The van der Waals surface area contributed by atoms with Crippen molar-refractivity contribution in [1.82, 2.24) is 4.57 Å². The maximum atomic E-state index is 15.1. The third kappa shape index (κ3) is 2.49. The zero-order chi connectivity index (χ0) is 18.7. The number of nitrogens with zero attached hydrogens (tertiary/aromatic N) is 2. The molecule has 3 N–H and O–H groups in total. The lowest BCUT2D eigenvalue weighted by molar-refractivity contribution is 0.0695. The van der Waals surface area contributed by atoms with Gasteiger partial charge >= 0.3 is 5.97 Å². The Bertz CT molecular complexity index is 1000. The highest BCUT2D eigenvalue weighted by atomic mass is 35.5. The van der Waals surface area contributed by atoms with E-state index in [1.54, 1.807) is 11.5 Å². The minimum Gasteiger partial charge on any atom is -0.477 e. The third-order valence-corrected chi connectivity index (χ3v) is 5.63. The van der Waals surface area contributed by atoms with E-state index in [2.05, 4.69) is 0 Å². The maximum absolute atomic E-state index is 15.1. The van der Waals surface area contributed by atoms with Gasteiger partial charge in [-0.3, -0.25) is 4.79 Å². The number of anilines is 1. The Morgan fingerprint density at radius 2 is 2.08 bits per heavy atom. The molecule has 2 aromatic rings. The number of pyridine rings is 1. The van der Waals surface area contributed by atoms with Gasteiger partial charge in [-0.1, -0.05) is 11.6 Å². The standard InChI is InChI=1S/C18H19ClFN3O3/c1-8-15-12(13(19)14(20)16(8)22-5-4-9(21)6-22)17(24)11(18(25)26)7-23(15)10-2-3-10/h7,9-10H,2-6,21H2,1H3,(H,25,26)/t9-/m0/s1. The van der Waals surface area contributed by atoms with Crippen LogP contribution in [0, 0.1) is 12.7 Å². The molecule has 1 aliphatic heterocycles. The van der Waals surface area contributed by atoms with Gasteiger partial charge in [0.25, 0.3) is 0 Å². The summed E-state index contributed by atoms with van der Waals surface area (Å²) < 4.78 is 16.9. The van der Waals surface area contributed by atoms with E-state index < -0.39 is 17.2 Å². The number of halogens is 2. The van der Waals surface area contributed by atoms with Gasteiger partial charge in [0.15, 0.2) is 5.82 Å². The molecule has 1 aromatic heterocycles. The van der Waals surface area contributed by atoms with Crippen LogP contribution < -0.4 is 16.1 Å². The Kier molecular flexibility index (Phi) is 3.96. The molecule has 0 radical (unpaired) electrons. The van der Waals surface area contributed by atoms with Crippen molar-refractivity contribution in [2.45, 2.75) is 38.3 Å². The summed E-state index contributed by atoms with van der Waals surface area (Å²) in [6, 6.07) is 0.0633. The van der Waals surface area contributed by atoms with Gasteiger partial charge < -0.3 is 20.3 Å². The summed E-state index contributed by atoms with van der Waals surface area (Å²) in [6.45, 7) is 2.88. The lowest BCUT2D eigenvalue weighted by atomic mass is 10.0. The van der Waals surface area contributed by atoms with Crippen LogP contribution in [0.3, 0.4) is 0 Å². The summed E-state index contributed by atoms with van der Waals surface area (Å²) in [6.07, 6.45) is 3.89. The first-order chi connectivity index (χ1) is 12.3. The van der Waals surface area contributed by atoms with Crippen LogP contribution >= 0.6 is 11.6 Å². The van der Waals surface area contributed by atoms with E-state index in [4.69, 9.17) is 17.3 Å². The Labute approximate surface area is 154 Å². The second kappa shape index (κ2) is 5.96. The molecule has 0 unspecified atom stereocenters. The van der Waals surface area contributed by atoms with Crippen molar-refractivity contribution in [2.24, 2.45) is 5.73 Å². The van der Waals surface area contributed by atoms with E-state index in [0.29, 0.717) is 29.9 Å². The van der Waals surface area contributed by atoms with E-state index in [1.807, 2.05) is 4.90 Å². The normalized spacial score (nSPS) is 20.2. The van der Waals surface area contributed by atoms with Crippen LogP contribution in [-0.4, -0.2) is 34.8 Å². The molecule has 1 aliphatic carbocycles. The first-order valence-corrected chi connectivity index (χ1v) is 8.99. The Balaban J connectivity index is 2.09. The van der Waals surface area contributed by atoms with E-state index >= 15 is 4.39 Å². The minimum absolute atomic E-state index is 0.0386. The first-order valence-electron chi connectivity index (χ1n) is 8.61. The summed E-state index contributed by atoms with van der Waals surface area (Å²) in [5.74, 6) is -2.03. The van der Waals surface area contributed by atoms with Crippen LogP contribution in [0.1, 0.15) is 41.2 Å². The number of carbonyl (C=O) groups is 1. The monoisotopic (exact) mass is 379 g/mol. The first kappa shape index (κ1) is 17.3. The lowest BCUT2D eigenvalue weighted by Gasteiger charge is -2.25. The van der Waals surface area contributed by atoms with E-state index in [1.165, 1.54) is 6.20 Å². The van der Waals surface area contributed by atoms with Gasteiger partial charge in [-0.2, -0.15) is 0 Å². The average Bonchev–Trinajstić information content (AvgIpc) is 3.34. The minimum atomic E-state index is -1.34. The average molecular weight is 380 g/mol. The van der Waals surface area contributed by atoms with Gasteiger partial charge in [0.05, 0.1) is 21.6 Å². The van der Waals surface area contributed by atoms with Crippen LogP contribution in [0.25, 0.3) is 10.9 Å². The van der Waals surface area contributed by atoms with Crippen molar-refractivity contribution in [3.63, 3.8) is 0 Å². The number of nitrogens with two attached hydrogens (primary N) is 1. The quantitative estimate of drug-likeness (QED) is 0.855. The number of carboxylic acid groups (broad SMARTS) is 1. The molecule has 4 rings (SSSR count). The fourth-order valence-corrected chi connectivity index (χ4v) is 4.13. The number of rotatable bonds is 3. The van der Waals surface area contributed by atoms with Gasteiger partial charge in [0, 0.05) is 31.4 Å². The van der Waals surface area contributed by atoms with Crippen LogP contribution in [0.4, 0.5) is 10.1 Å². The predicted octanol–water partition coefficient (Wildman–Crippen LogP) is 2.67. The van der Waals surface area contributed by atoms with Crippen molar-refractivity contribution in [3.8, 4) is 0 Å². The van der Waals surface area contributed by atoms with Crippen molar-refractivity contribution in [3.05, 3.63) is 38.4 Å². The van der Waals surface area contributed by atoms with Crippen molar-refractivity contribution in [2.75, 3.05) is 18.0 Å². The van der Waals surface area contributed by atoms with Crippen LogP contribution in [0.5, 0.6) is 0 Å². The van der Waals surface area contributed by atoms with Crippen molar-refractivity contribution < 1.29 is 14.3 Å². The van der Waals surface area contributed by atoms with Crippen molar-refractivity contribution in [1.29, 1.82) is 0 Å². The molecule has 2 heterocycles. The highest BCUT2D eigenvalue weighted by Gasteiger charge is 2.32. The van der Waals surface area contributed by atoms with Gasteiger partial charge in [0.1, 0.15) is 5.56 Å². The Hall–Kier alpha value is -2.12. The van der Waals surface area contributed by atoms with Crippen molar-refractivity contribution >= 4 is 34.2 Å². The largest absolute Gasteiger partial charge is 0.477 e. The molecule has 2 fully saturated rings. The molecular weight excluding hydrogens is 361 g/mol. The molecule has 6 nitrogen and oxygen atoms in total. The lowest BCUT2D eigenvalue weighted by Crippen LogP contribution is -2.28. The maximum Gasteiger partial charge on any atom is 0.341 e. The number of benzene rings is 1. The zero-order valence-electron chi connectivity index (χ0n) is 14.3. The third-order valence-electron chi connectivity index (χ3n) is 5.28. The van der Waals surface area contributed by atoms with Gasteiger partial charge in [-0.25, -0.2) is 9.18 Å². The number of hydrogen-bond donors (Lipinski definition) is 2. The number of hydrogen-bond acceptors (Lipinski definition) is 4. The summed E-state index contributed by atoms with van der Waals surface area (Å²) in [5.41, 5.74) is 6.29. The van der Waals surface area contributed by atoms with E-state index in [0.717, 1.165) is 19.3 Å². The molecule has 0 spiro atoms. The molecule has 0 amide bonds. The zero-order valence-corrected chi connectivity index (χ0v) is 15.0. The molecule has 1 atom stereocenters. The topological polar surface area (TPSA) is 88.6 Å². The second-order valence-corrected chi connectivity index (χ2v) is 7.51. The van der Waals surface area contributed by atoms with Gasteiger partial charge in [-0.05, 0) is 31.7 Å². The number of aryl methyl sites for hydroxylation is 1.